The smallest absolute Gasteiger partial charge is 0.321 e. The summed E-state index contributed by atoms with van der Waals surface area (Å²) in [6.45, 7) is 1.48. The minimum Gasteiger partial charge on any atom is -0.325 e. The van der Waals surface area contributed by atoms with Crippen LogP contribution in [-0.2, 0) is 0 Å². The molecule has 0 saturated carbocycles. The Morgan fingerprint density at radius 3 is 2.67 bits per heavy atom. The number of carbonyl (C=O) groups excluding carboxylic acids is 1. The van der Waals surface area contributed by atoms with Gasteiger partial charge in [-0.1, -0.05) is 0 Å². The number of urea groups is 1. The van der Waals surface area contributed by atoms with Crippen LogP contribution in [0.25, 0.3) is 0 Å². The summed E-state index contributed by atoms with van der Waals surface area (Å²) in [5.41, 5.74) is 0.371. The van der Waals surface area contributed by atoms with Crippen molar-refractivity contribution in [3.63, 3.8) is 0 Å². The largest absolute Gasteiger partial charge is 0.325 e. The average Bonchev–Trinajstić information content (AvgIpc) is 2.85. The number of likely N-dealkylation sites (tertiary alicyclic amines) is 1. The number of nitro benzene ring substituents is 1. The van der Waals surface area contributed by atoms with Crippen LogP contribution >= 0.6 is 15.9 Å². The number of halogens is 1. The van der Waals surface area contributed by atoms with E-state index < -0.39 is 4.92 Å². The number of amides is 2. The third-order valence-corrected chi connectivity index (χ3v) is 3.46. The van der Waals surface area contributed by atoms with Gasteiger partial charge in [0.05, 0.1) is 9.40 Å². The molecule has 1 saturated heterocycles. The number of anilines is 1. The number of benzene rings is 1. The van der Waals surface area contributed by atoms with Crippen molar-refractivity contribution in [1.29, 1.82) is 0 Å². The van der Waals surface area contributed by atoms with Crippen molar-refractivity contribution in [1.82, 2.24) is 4.90 Å². The highest BCUT2D eigenvalue weighted by atomic mass is 79.9. The summed E-state index contributed by atoms with van der Waals surface area (Å²) in [6, 6.07) is 4.32. The molecule has 1 aliphatic heterocycles. The summed E-state index contributed by atoms with van der Waals surface area (Å²) >= 11 is 3.10. The zero-order valence-electron chi connectivity index (χ0n) is 9.56. The molecule has 1 fully saturated rings. The molecule has 0 unspecified atom stereocenters. The first-order chi connectivity index (χ1) is 8.58. The van der Waals surface area contributed by atoms with Gasteiger partial charge in [0.25, 0.3) is 5.69 Å². The normalized spacial score (nSPS) is 14.6. The maximum atomic E-state index is 11.8. The molecule has 7 heteroatoms. The Bertz CT molecular complexity index is 486. The molecule has 96 valence electrons. The number of nitrogens with zero attached hydrogens (tertiary/aromatic N) is 2. The minimum atomic E-state index is -0.490. The summed E-state index contributed by atoms with van der Waals surface area (Å²) in [7, 11) is 0. The molecule has 1 aromatic rings. The molecule has 0 atom stereocenters. The number of rotatable bonds is 2. The molecule has 0 radical (unpaired) electrons. The first kappa shape index (κ1) is 12.8. The average molecular weight is 314 g/mol. The van der Waals surface area contributed by atoms with Gasteiger partial charge < -0.3 is 10.2 Å². The lowest BCUT2D eigenvalue weighted by atomic mass is 10.3. The summed E-state index contributed by atoms with van der Waals surface area (Å²) in [4.78, 5) is 23.8. The van der Waals surface area contributed by atoms with E-state index in [0.717, 1.165) is 25.9 Å². The van der Waals surface area contributed by atoms with Gasteiger partial charge in [-0.2, -0.15) is 0 Å². The van der Waals surface area contributed by atoms with Crippen LogP contribution in [0.5, 0.6) is 0 Å². The maximum Gasteiger partial charge on any atom is 0.321 e. The number of carbonyl (C=O) groups is 1. The highest BCUT2D eigenvalue weighted by Crippen LogP contribution is 2.28. The molecule has 0 bridgehead atoms. The second kappa shape index (κ2) is 5.34. The quantitative estimate of drug-likeness (QED) is 0.673. The number of nitro groups is 1. The second-order valence-corrected chi connectivity index (χ2v) is 4.90. The molecular formula is C11H12BrN3O3. The molecule has 1 aliphatic rings. The van der Waals surface area contributed by atoms with Gasteiger partial charge in [-0.25, -0.2) is 4.79 Å². The Morgan fingerprint density at radius 1 is 1.39 bits per heavy atom. The predicted octanol–water partition coefficient (Wildman–Crippen LogP) is 2.99. The van der Waals surface area contributed by atoms with Crippen molar-refractivity contribution in [2.75, 3.05) is 18.4 Å². The highest BCUT2D eigenvalue weighted by Gasteiger charge is 2.19. The molecular weight excluding hydrogens is 302 g/mol. The summed E-state index contributed by atoms with van der Waals surface area (Å²) < 4.78 is 0.395. The van der Waals surface area contributed by atoms with E-state index in [1.807, 2.05) is 0 Å². The van der Waals surface area contributed by atoms with Gasteiger partial charge in [0, 0.05) is 24.8 Å². The van der Waals surface area contributed by atoms with Gasteiger partial charge in [0.1, 0.15) is 0 Å². The molecule has 0 aliphatic carbocycles. The van der Waals surface area contributed by atoms with Gasteiger partial charge >= 0.3 is 6.03 Å². The van der Waals surface area contributed by atoms with Crippen LogP contribution in [0, 0.1) is 10.1 Å². The maximum absolute atomic E-state index is 11.8. The fourth-order valence-electron chi connectivity index (χ4n) is 1.85. The third-order valence-electron chi connectivity index (χ3n) is 2.79. The van der Waals surface area contributed by atoms with Crippen molar-refractivity contribution in [3.8, 4) is 0 Å². The van der Waals surface area contributed by atoms with Crippen LogP contribution in [0.15, 0.2) is 22.7 Å². The second-order valence-electron chi connectivity index (χ2n) is 4.05. The van der Waals surface area contributed by atoms with Crippen LogP contribution in [-0.4, -0.2) is 28.9 Å². The zero-order valence-corrected chi connectivity index (χ0v) is 11.1. The number of nitrogens with one attached hydrogen (secondary N) is 1. The zero-order chi connectivity index (χ0) is 13.1. The Balaban J connectivity index is 2.11. The van der Waals surface area contributed by atoms with Crippen molar-refractivity contribution in [2.24, 2.45) is 0 Å². The lowest BCUT2D eigenvalue weighted by molar-refractivity contribution is -0.385. The van der Waals surface area contributed by atoms with Gasteiger partial charge in [-0.3, -0.25) is 10.1 Å². The highest BCUT2D eigenvalue weighted by molar-refractivity contribution is 9.10. The molecule has 1 aromatic carbocycles. The van der Waals surface area contributed by atoms with Gasteiger partial charge in [0.2, 0.25) is 0 Å². The summed E-state index contributed by atoms with van der Waals surface area (Å²) in [6.07, 6.45) is 2.02. The molecule has 6 nitrogen and oxygen atoms in total. The minimum absolute atomic E-state index is 0.0609. The van der Waals surface area contributed by atoms with Gasteiger partial charge in [-0.05, 0) is 40.9 Å². The lowest BCUT2D eigenvalue weighted by Gasteiger charge is -2.16. The Kier molecular flexibility index (Phi) is 3.81. The van der Waals surface area contributed by atoms with Gasteiger partial charge in [0.15, 0.2) is 0 Å². The van der Waals surface area contributed by atoms with Crippen molar-refractivity contribution in [3.05, 3.63) is 32.8 Å². The van der Waals surface area contributed by atoms with E-state index in [2.05, 4.69) is 21.2 Å². The SMILES string of the molecule is O=C(Nc1ccc(Br)c([N+](=O)[O-])c1)N1CCCC1. The molecule has 0 spiro atoms. The summed E-state index contributed by atoms with van der Waals surface area (Å²) in [5, 5.41) is 13.4. The Hall–Kier alpha value is -1.63. The van der Waals surface area contributed by atoms with E-state index in [1.54, 1.807) is 17.0 Å². The predicted molar refractivity (Wildman–Crippen MR) is 70.6 cm³/mol. The van der Waals surface area contributed by atoms with Crippen LogP contribution in [0.3, 0.4) is 0 Å². The summed E-state index contributed by atoms with van der Waals surface area (Å²) in [5.74, 6) is 0. The van der Waals surface area contributed by atoms with Crippen molar-refractivity contribution >= 4 is 33.3 Å². The molecule has 1 heterocycles. The van der Waals surface area contributed by atoms with E-state index in [4.69, 9.17) is 0 Å². The van der Waals surface area contributed by atoms with Crippen LogP contribution in [0.2, 0.25) is 0 Å². The van der Waals surface area contributed by atoms with E-state index in [-0.39, 0.29) is 11.7 Å². The standard InChI is InChI=1S/C11H12BrN3O3/c12-9-4-3-8(7-10(9)15(17)18)13-11(16)14-5-1-2-6-14/h3-4,7H,1-2,5-6H2,(H,13,16). The Morgan fingerprint density at radius 2 is 2.06 bits per heavy atom. The van der Waals surface area contributed by atoms with Crippen molar-refractivity contribution in [2.45, 2.75) is 12.8 Å². The molecule has 18 heavy (non-hydrogen) atoms. The third kappa shape index (κ3) is 2.79. The fourth-order valence-corrected chi connectivity index (χ4v) is 2.24. The van der Waals surface area contributed by atoms with E-state index in [0.29, 0.717) is 10.2 Å². The molecule has 1 N–H and O–H groups in total. The van der Waals surface area contributed by atoms with Gasteiger partial charge in [-0.15, -0.1) is 0 Å². The van der Waals surface area contributed by atoms with E-state index in [9.17, 15) is 14.9 Å². The molecule has 0 aromatic heterocycles. The number of hydrogen-bond acceptors (Lipinski definition) is 3. The monoisotopic (exact) mass is 313 g/mol. The molecule has 2 amide bonds. The topological polar surface area (TPSA) is 75.5 Å². The van der Waals surface area contributed by atoms with Crippen LogP contribution in [0.4, 0.5) is 16.2 Å². The van der Waals surface area contributed by atoms with Crippen molar-refractivity contribution < 1.29 is 9.72 Å². The Labute approximate surface area is 112 Å². The van der Waals surface area contributed by atoms with E-state index in [1.165, 1.54) is 6.07 Å². The lowest BCUT2D eigenvalue weighted by Crippen LogP contribution is -2.32. The van der Waals surface area contributed by atoms with Crippen LogP contribution in [0.1, 0.15) is 12.8 Å². The number of hydrogen-bond donors (Lipinski definition) is 1. The first-order valence-electron chi connectivity index (χ1n) is 5.58. The fraction of sp³-hybridized carbons (Fsp3) is 0.364. The van der Waals surface area contributed by atoms with E-state index >= 15 is 0 Å². The first-order valence-corrected chi connectivity index (χ1v) is 6.37. The molecule has 2 rings (SSSR count). The van der Waals surface area contributed by atoms with Crippen LogP contribution < -0.4 is 5.32 Å².